The lowest BCUT2D eigenvalue weighted by Gasteiger charge is -2.14. The van der Waals surface area contributed by atoms with Gasteiger partial charge in [0.1, 0.15) is 5.82 Å². The van der Waals surface area contributed by atoms with E-state index in [0.29, 0.717) is 28.5 Å². The third kappa shape index (κ3) is 3.80. The maximum Gasteiger partial charge on any atom is 0.160 e. The summed E-state index contributed by atoms with van der Waals surface area (Å²) in [5.74, 6) is 0.926. The van der Waals surface area contributed by atoms with Crippen LogP contribution in [-0.2, 0) is 6.42 Å². The highest BCUT2D eigenvalue weighted by atomic mass is 35.5. The molecule has 2 aromatic rings. The molecule has 21 heavy (non-hydrogen) atoms. The molecule has 5 heteroatoms. The van der Waals surface area contributed by atoms with Gasteiger partial charge in [-0.1, -0.05) is 23.7 Å². The molecule has 0 fully saturated rings. The number of benzene rings is 2. The highest BCUT2D eigenvalue weighted by Crippen LogP contribution is 2.34. The van der Waals surface area contributed by atoms with Crippen LogP contribution >= 0.6 is 23.2 Å². The Labute approximate surface area is 133 Å². The van der Waals surface area contributed by atoms with Crippen molar-refractivity contribution in [3.05, 3.63) is 58.4 Å². The molecule has 0 aliphatic carbocycles. The summed E-state index contributed by atoms with van der Waals surface area (Å²) in [6, 6.07) is 9.83. The van der Waals surface area contributed by atoms with Gasteiger partial charge >= 0.3 is 0 Å². The largest absolute Gasteiger partial charge is 0.493 e. The fraction of sp³-hybridized carbons (Fsp3) is 0.250. The van der Waals surface area contributed by atoms with Crippen molar-refractivity contribution in [1.29, 1.82) is 0 Å². The van der Waals surface area contributed by atoms with Gasteiger partial charge in [-0.05, 0) is 41.8 Å². The van der Waals surface area contributed by atoms with Crippen molar-refractivity contribution in [1.82, 2.24) is 0 Å². The number of ether oxygens (including phenoxy) is 2. The molecule has 0 radical (unpaired) electrons. The maximum atomic E-state index is 13.1. The van der Waals surface area contributed by atoms with Crippen molar-refractivity contribution in [2.24, 2.45) is 0 Å². The molecule has 2 nitrogen and oxygen atoms in total. The van der Waals surface area contributed by atoms with Crippen LogP contribution in [0.15, 0.2) is 36.4 Å². The second-order valence-electron chi connectivity index (χ2n) is 4.53. The van der Waals surface area contributed by atoms with Gasteiger partial charge in [-0.15, -0.1) is 11.6 Å². The molecule has 0 N–H and O–H groups in total. The number of halogens is 3. The number of hydrogen-bond donors (Lipinski definition) is 0. The first-order valence-corrected chi connectivity index (χ1v) is 7.16. The van der Waals surface area contributed by atoms with Crippen LogP contribution in [0.2, 0.25) is 5.02 Å². The molecule has 0 aliphatic rings. The molecule has 1 unspecified atom stereocenters. The number of alkyl halides is 1. The van der Waals surface area contributed by atoms with Crippen LogP contribution < -0.4 is 9.47 Å². The van der Waals surface area contributed by atoms with Gasteiger partial charge in [0.25, 0.3) is 0 Å². The molecule has 0 saturated carbocycles. The van der Waals surface area contributed by atoms with Gasteiger partial charge in [0.05, 0.1) is 19.6 Å². The standard InChI is InChI=1S/C16H15Cl2FO2/c1-20-15-6-3-10(8-16(15)21-2)7-13(17)12-5-4-11(19)9-14(12)18/h3-6,8-9,13H,7H2,1-2H3. The van der Waals surface area contributed by atoms with Crippen molar-refractivity contribution in [3.8, 4) is 11.5 Å². The molecule has 0 amide bonds. The normalized spacial score (nSPS) is 12.0. The first-order valence-electron chi connectivity index (χ1n) is 6.35. The quantitative estimate of drug-likeness (QED) is 0.717. The van der Waals surface area contributed by atoms with Crippen LogP contribution in [0.3, 0.4) is 0 Å². The zero-order valence-corrected chi connectivity index (χ0v) is 13.2. The highest BCUT2D eigenvalue weighted by molar-refractivity contribution is 6.32. The Morgan fingerprint density at radius 2 is 1.76 bits per heavy atom. The fourth-order valence-electron chi connectivity index (χ4n) is 2.08. The Morgan fingerprint density at radius 3 is 2.38 bits per heavy atom. The summed E-state index contributed by atoms with van der Waals surface area (Å²) < 4.78 is 23.5. The summed E-state index contributed by atoms with van der Waals surface area (Å²) in [7, 11) is 3.16. The third-order valence-electron chi connectivity index (χ3n) is 3.16. The molecule has 0 bridgehead atoms. The van der Waals surface area contributed by atoms with Gasteiger partial charge in [0.2, 0.25) is 0 Å². The molecule has 1 atom stereocenters. The number of hydrogen-bond acceptors (Lipinski definition) is 2. The maximum absolute atomic E-state index is 13.1. The van der Waals surface area contributed by atoms with Gasteiger partial charge in [0.15, 0.2) is 11.5 Å². The minimum atomic E-state index is -0.376. The van der Waals surface area contributed by atoms with Crippen LogP contribution in [0.4, 0.5) is 4.39 Å². The summed E-state index contributed by atoms with van der Waals surface area (Å²) in [6.07, 6.45) is 0.549. The van der Waals surface area contributed by atoms with Crippen LogP contribution in [-0.4, -0.2) is 14.2 Å². The van der Waals surface area contributed by atoms with E-state index in [0.717, 1.165) is 5.56 Å². The van der Waals surface area contributed by atoms with Gasteiger partial charge in [-0.3, -0.25) is 0 Å². The SMILES string of the molecule is COc1ccc(CC(Cl)c2ccc(F)cc2Cl)cc1OC. The lowest BCUT2D eigenvalue weighted by Crippen LogP contribution is -1.99. The molecule has 0 aliphatic heterocycles. The molecular weight excluding hydrogens is 314 g/mol. The first kappa shape index (κ1) is 15.9. The lowest BCUT2D eigenvalue weighted by atomic mass is 10.0. The molecule has 0 saturated heterocycles. The lowest BCUT2D eigenvalue weighted by molar-refractivity contribution is 0.354. The van der Waals surface area contributed by atoms with Gasteiger partial charge < -0.3 is 9.47 Å². The fourth-order valence-corrected chi connectivity index (χ4v) is 2.80. The minimum absolute atomic E-state index is 0.329. The predicted octanol–water partition coefficient (Wildman–Crippen LogP) is 5.02. The van der Waals surface area contributed by atoms with E-state index >= 15 is 0 Å². The van der Waals surface area contributed by atoms with E-state index in [1.807, 2.05) is 18.2 Å². The van der Waals surface area contributed by atoms with Gasteiger partial charge in [-0.2, -0.15) is 0 Å². The van der Waals surface area contributed by atoms with Crippen LogP contribution in [0, 0.1) is 5.82 Å². The number of methoxy groups -OCH3 is 2. The van der Waals surface area contributed by atoms with E-state index in [2.05, 4.69) is 0 Å². The van der Waals surface area contributed by atoms with Gasteiger partial charge in [0, 0.05) is 5.02 Å². The monoisotopic (exact) mass is 328 g/mol. The summed E-state index contributed by atoms with van der Waals surface area (Å²) >= 11 is 12.4. The Morgan fingerprint density at radius 1 is 1.05 bits per heavy atom. The molecule has 0 spiro atoms. The highest BCUT2D eigenvalue weighted by Gasteiger charge is 2.14. The average molecular weight is 329 g/mol. The molecular formula is C16H15Cl2FO2. The average Bonchev–Trinajstić information content (AvgIpc) is 2.46. The van der Waals surface area contributed by atoms with E-state index in [1.54, 1.807) is 20.3 Å². The Hall–Kier alpha value is -1.45. The Balaban J connectivity index is 2.21. The molecule has 0 heterocycles. The van der Waals surface area contributed by atoms with Gasteiger partial charge in [-0.25, -0.2) is 4.39 Å². The summed E-state index contributed by atoms with van der Waals surface area (Å²) in [5.41, 5.74) is 1.68. The van der Waals surface area contributed by atoms with Crippen molar-refractivity contribution < 1.29 is 13.9 Å². The Kier molecular flexibility index (Phi) is 5.32. The third-order valence-corrected chi connectivity index (χ3v) is 3.88. The van der Waals surface area contributed by atoms with Crippen LogP contribution in [0.1, 0.15) is 16.5 Å². The van der Waals surface area contributed by atoms with E-state index in [-0.39, 0.29) is 11.2 Å². The molecule has 112 valence electrons. The van der Waals surface area contributed by atoms with Crippen LogP contribution in [0.25, 0.3) is 0 Å². The molecule has 0 aromatic heterocycles. The van der Waals surface area contributed by atoms with E-state index in [4.69, 9.17) is 32.7 Å². The zero-order valence-electron chi connectivity index (χ0n) is 11.7. The summed E-state index contributed by atoms with van der Waals surface area (Å²) in [5, 5.41) is -0.0216. The second kappa shape index (κ2) is 7.01. The zero-order chi connectivity index (χ0) is 15.4. The second-order valence-corrected chi connectivity index (χ2v) is 5.46. The van der Waals surface area contributed by atoms with E-state index < -0.39 is 0 Å². The molecule has 2 aromatic carbocycles. The van der Waals surface area contributed by atoms with E-state index in [1.165, 1.54) is 12.1 Å². The predicted molar refractivity (Wildman–Crippen MR) is 83.3 cm³/mol. The summed E-state index contributed by atoms with van der Waals surface area (Å²) in [4.78, 5) is 0. The minimum Gasteiger partial charge on any atom is -0.493 e. The van der Waals surface area contributed by atoms with Crippen molar-refractivity contribution in [3.63, 3.8) is 0 Å². The number of rotatable bonds is 5. The smallest absolute Gasteiger partial charge is 0.160 e. The summed E-state index contributed by atoms with van der Waals surface area (Å²) in [6.45, 7) is 0. The van der Waals surface area contributed by atoms with Crippen LogP contribution in [0.5, 0.6) is 11.5 Å². The first-order chi connectivity index (χ1) is 10.0. The topological polar surface area (TPSA) is 18.5 Å². The van der Waals surface area contributed by atoms with Crippen molar-refractivity contribution >= 4 is 23.2 Å². The van der Waals surface area contributed by atoms with Crippen molar-refractivity contribution in [2.45, 2.75) is 11.8 Å². The van der Waals surface area contributed by atoms with Crippen molar-refractivity contribution in [2.75, 3.05) is 14.2 Å². The molecule has 2 rings (SSSR count). The Bertz CT molecular complexity index is 632. The van der Waals surface area contributed by atoms with E-state index in [9.17, 15) is 4.39 Å².